The first-order chi connectivity index (χ1) is 18.7. The van der Waals surface area contributed by atoms with Crippen molar-refractivity contribution in [1.29, 1.82) is 0 Å². The van der Waals surface area contributed by atoms with Crippen LogP contribution in [0.5, 0.6) is 0 Å². The van der Waals surface area contributed by atoms with Crippen LogP contribution in [0.25, 0.3) is 0 Å². The summed E-state index contributed by atoms with van der Waals surface area (Å²) in [6.45, 7) is 3.79. The van der Waals surface area contributed by atoms with Crippen LogP contribution in [-0.4, -0.2) is 81.2 Å². The number of nitrogens with one attached hydrogen (secondary N) is 3. The first-order valence-corrected chi connectivity index (χ1v) is 15.0. The highest BCUT2D eigenvalue weighted by Crippen LogP contribution is 2.30. The quantitative estimate of drug-likeness (QED) is 0.441. The zero-order chi connectivity index (χ0) is 27.6. The van der Waals surface area contributed by atoms with E-state index >= 15 is 0 Å². The number of hydrogen-bond acceptors (Lipinski definition) is 7. The third kappa shape index (κ3) is 5.51. The molecule has 2 aromatic rings. The van der Waals surface area contributed by atoms with Gasteiger partial charge >= 0.3 is 0 Å². The number of sulfone groups is 1. The standard InChI is InChI=1S/C28H35N5O5S/c1-32-16-18-33(19-17-32)21-12-10-20(11-13-21)24(34)31-28(14-6-3-7-15-28)27(36)29-23-25(35)30-26(23)39(37,38)22-8-4-2-5-9-22/h2,4-5,8-13,23,26H,3,6-7,14-19H2,1H3,(H,29,36)(H,30,35)(H,31,34). The van der Waals surface area contributed by atoms with E-state index in [2.05, 4.69) is 32.8 Å². The van der Waals surface area contributed by atoms with Crippen molar-refractivity contribution in [2.45, 2.75) is 54.0 Å². The van der Waals surface area contributed by atoms with Crippen molar-refractivity contribution >= 4 is 33.2 Å². The van der Waals surface area contributed by atoms with Gasteiger partial charge < -0.3 is 25.8 Å². The number of carbonyl (C=O) groups is 3. The minimum atomic E-state index is -3.90. The Morgan fingerprint density at radius 3 is 2.18 bits per heavy atom. The average Bonchev–Trinajstić information content (AvgIpc) is 2.95. The van der Waals surface area contributed by atoms with E-state index in [1.807, 2.05) is 12.1 Å². The number of rotatable bonds is 7. The molecule has 10 nitrogen and oxygen atoms in total. The third-order valence-electron chi connectivity index (χ3n) is 8.05. The van der Waals surface area contributed by atoms with E-state index in [0.29, 0.717) is 18.4 Å². The molecule has 5 rings (SSSR count). The van der Waals surface area contributed by atoms with Crippen molar-refractivity contribution in [3.05, 3.63) is 60.2 Å². The summed E-state index contributed by atoms with van der Waals surface area (Å²) in [5.74, 6) is -1.47. The van der Waals surface area contributed by atoms with Gasteiger partial charge in [-0.1, -0.05) is 37.5 Å². The summed E-state index contributed by atoms with van der Waals surface area (Å²) >= 11 is 0. The topological polar surface area (TPSA) is 128 Å². The Morgan fingerprint density at radius 1 is 0.923 bits per heavy atom. The molecule has 11 heteroatoms. The van der Waals surface area contributed by atoms with E-state index in [9.17, 15) is 22.8 Å². The normalized spacial score (nSPS) is 23.3. The summed E-state index contributed by atoms with van der Waals surface area (Å²) in [6, 6.07) is 14.0. The summed E-state index contributed by atoms with van der Waals surface area (Å²) in [7, 11) is -1.80. The van der Waals surface area contributed by atoms with Crippen molar-refractivity contribution in [3.8, 4) is 0 Å². The van der Waals surface area contributed by atoms with Crippen molar-refractivity contribution in [2.75, 3.05) is 38.1 Å². The second-order valence-electron chi connectivity index (χ2n) is 10.7. The van der Waals surface area contributed by atoms with E-state index in [4.69, 9.17) is 0 Å². The van der Waals surface area contributed by atoms with Gasteiger partial charge in [0.05, 0.1) is 4.90 Å². The minimum absolute atomic E-state index is 0.0648. The Labute approximate surface area is 229 Å². The molecule has 0 bridgehead atoms. The SMILES string of the molecule is CN1CCN(c2ccc(C(=O)NC3(C(=O)NC4C(=O)NC4S(=O)(=O)c4ccccc4)CCCCC3)cc2)CC1. The smallest absolute Gasteiger partial charge is 0.252 e. The van der Waals surface area contributed by atoms with Gasteiger partial charge in [-0.3, -0.25) is 14.4 Å². The maximum absolute atomic E-state index is 13.6. The molecule has 0 radical (unpaired) electrons. The highest BCUT2D eigenvalue weighted by atomic mass is 32.2. The van der Waals surface area contributed by atoms with Gasteiger partial charge in [0, 0.05) is 37.4 Å². The lowest BCUT2D eigenvalue weighted by Crippen LogP contribution is -2.74. The summed E-state index contributed by atoms with van der Waals surface area (Å²) in [5.41, 5.74) is 0.269. The highest BCUT2D eigenvalue weighted by molar-refractivity contribution is 7.92. The molecule has 208 valence electrons. The minimum Gasteiger partial charge on any atom is -0.369 e. The Bertz CT molecular complexity index is 1320. The van der Waals surface area contributed by atoms with E-state index in [-0.39, 0.29) is 10.8 Å². The lowest BCUT2D eigenvalue weighted by atomic mass is 9.80. The van der Waals surface area contributed by atoms with E-state index in [1.165, 1.54) is 12.1 Å². The molecule has 1 aliphatic carbocycles. The molecule has 0 aromatic heterocycles. The molecule has 2 unspecified atom stereocenters. The maximum Gasteiger partial charge on any atom is 0.252 e. The van der Waals surface area contributed by atoms with Crippen LogP contribution < -0.4 is 20.9 Å². The molecule has 0 spiro atoms. The van der Waals surface area contributed by atoms with Gasteiger partial charge in [0.15, 0.2) is 5.37 Å². The van der Waals surface area contributed by atoms with Gasteiger partial charge in [0.1, 0.15) is 11.6 Å². The molecule has 3 N–H and O–H groups in total. The van der Waals surface area contributed by atoms with Crippen LogP contribution in [0.3, 0.4) is 0 Å². The Morgan fingerprint density at radius 2 is 1.56 bits per heavy atom. The first-order valence-electron chi connectivity index (χ1n) is 13.5. The number of likely N-dealkylation sites (N-methyl/N-ethyl adjacent to an activating group) is 1. The number of piperazine rings is 1. The molecule has 2 heterocycles. The number of anilines is 1. The zero-order valence-electron chi connectivity index (χ0n) is 22.1. The van der Waals surface area contributed by atoms with E-state index in [0.717, 1.165) is 51.1 Å². The predicted octanol–water partition coefficient (Wildman–Crippen LogP) is 1.29. The lowest BCUT2D eigenvalue weighted by molar-refractivity contribution is -0.137. The van der Waals surface area contributed by atoms with Gasteiger partial charge in [-0.25, -0.2) is 8.42 Å². The van der Waals surface area contributed by atoms with E-state index < -0.39 is 38.6 Å². The van der Waals surface area contributed by atoms with Crippen LogP contribution >= 0.6 is 0 Å². The largest absolute Gasteiger partial charge is 0.369 e. The molecule has 3 amide bonds. The Hall–Kier alpha value is -3.44. The lowest BCUT2D eigenvalue weighted by Gasteiger charge is -2.41. The van der Waals surface area contributed by atoms with Gasteiger partial charge in [-0.15, -0.1) is 0 Å². The van der Waals surface area contributed by atoms with Gasteiger partial charge in [0.2, 0.25) is 21.7 Å². The third-order valence-corrected chi connectivity index (χ3v) is 10.0. The van der Waals surface area contributed by atoms with Crippen molar-refractivity contribution in [2.24, 2.45) is 0 Å². The molecule has 1 saturated carbocycles. The second kappa shape index (κ2) is 11.0. The fraction of sp³-hybridized carbons (Fsp3) is 0.464. The molecule has 3 fully saturated rings. The fourth-order valence-electron chi connectivity index (χ4n) is 5.53. The second-order valence-corrected chi connectivity index (χ2v) is 12.7. The van der Waals surface area contributed by atoms with Crippen molar-refractivity contribution in [1.82, 2.24) is 20.9 Å². The van der Waals surface area contributed by atoms with Gasteiger partial charge in [0.25, 0.3) is 5.91 Å². The molecular weight excluding hydrogens is 518 g/mol. The number of β-lactam (4-membered cyclic amide) rings is 1. The van der Waals surface area contributed by atoms with E-state index in [1.54, 1.807) is 30.3 Å². The number of benzene rings is 2. The van der Waals surface area contributed by atoms with Crippen molar-refractivity contribution in [3.63, 3.8) is 0 Å². The molecule has 3 aliphatic rings. The summed E-state index contributed by atoms with van der Waals surface area (Å²) in [6.07, 6.45) is 3.22. The Kier molecular flexibility index (Phi) is 7.64. The van der Waals surface area contributed by atoms with Crippen LogP contribution in [0.2, 0.25) is 0 Å². The van der Waals surface area contributed by atoms with Crippen LogP contribution in [-0.2, 0) is 19.4 Å². The first kappa shape index (κ1) is 27.1. The molecule has 39 heavy (non-hydrogen) atoms. The van der Waals surface area contributed by atoms with Gasteiger partial charge in [-0.2, -0.15) is 0 Å². The maximum atomic E-state index is 13.6. The van der Waals surface area contributed by atoms with Crippen LogP contribution in [0, 0.1) is 0 Å². The summed E-state index contributed by atoms with van der Waals surface area (Å²) in [5, 5.41) is 6.76. The zero-order valence-corrected chi connectivity index (χ0v) is 22.9. The molecule has 2 atom stereocenters. The number of nitrogens with zero attached hydrogens (tertiary/aromatic N) is 2. The van der Waals surface area contributed by atoms with Gasteiger partial charge in [-0.05, 0) is 56.3 Å². The monoisotopic (exact) mass is 553 g/mol. The summed E-state index contributed by atoms with van der Waals surface area (Å²) in [4.78, 5) is 43.9. The van der Waals surface area contributed by atoms with Crippen molar-refractivity contribution < 1.29 is 22.8 Å². The predicted molar refractivity (Wildman–Crippen MR) is 147 cm³/mol. The average molecular weight is 554 g/mol. The number of carbonyl (C=O) groups excluding carboxylic acids is 3. The number of hydrogen-bond donors (Lipinski definition) is 3. The highest BCUT2D eigenvalue weighted by Gasteiger charge is 2.51. The van der Waals surface area contributed by atoms with Crippen LogP contribution in [0.4, 0.5) is 5.69 Å². The Balaban J connectivity index is 1.29. The molecule has 2 saturated heterocycles. The summed E-state index contributed by atoms with van der Waals surface area (Å²) < 4.78 is 26.2. The fourth-order valence-corrected chi connectivity index (χ4v) is 7.18. The molecule has 2 aliphatic heterocycles. The molecule has 2 aromatic carbocycles. The molecular formula is C28H35N5O5S. The number of amides is 3. The van der Waals surface area contributed by atoms with Crippen LogP contribution in [0.15, 0.2) is 59.5 Å². The van der Waals surface area contributed by atoms with Crippen LogP contribution in [0.1, 0.15) is 42.5 Å².